The lowest BCUT2D eigenvalue weighted by atomic mass is 9.92. The van der Waals surface area contributed by atoms with Crippen LogP contribution in [-0.2, 0) is 16.1 Å². The van der Waals surface area contributed by atoms with Gasteiger partial charge >= 0.3 is 5.97 Å². The molecule has 0 spiro atoms. The van der Waals surface area contributed by atoms with Gasteiger partial charge in [0.1, 0.15) is 0 Å². The van der Waals surface area contributed by atoms with Crippen LogP contribution < -0.4 is 14.9 Å². The number of fused-ring (bicyclic) bond motifs is 2. The summed E-state index contributed by atoms with van der Waals surface area (Å²) in [7, 11) is 0. The van der Waals surface area contributed by atoms with Crippen LogP contribution in [0, 0.1) is 0 Å². The lowest BCUT2D eigenvalue weighted by Gasteiger charge is -2.26. The van der Waals surface area contributed by atoms with Crippen LogP contribution in [-0.4, -0.2) is 21.7 Å². The number of aromatic nitrogens is 2. The minimum absolute atomic E-state index is 0.183. The summed E-state index contributed by atoms with van der Waals surface area (Å²) in [5, 5.41) is 1.75. The molecule has 1 aliphatic rings. The summed E-state index contributed by atoms with van der Waals surface area (Å²) in [4.78, 5) is 33.3. The second-order valence-electron chi connectivity index (χ2n) is 11.6. The minimum Gasteiger partial charge on any atom is -0.463 e. The first-order valence-electron chi connectivity index (χ1n) is 15.4. The lowest BCUT2D eigenvalue weighted by Crippen LogP contribution is -2.40. The third-order valence-corrected chi connectivity index (χ3v) is 9.57. The van der Waals surface area contributed by atoms with Crippen LogP contribution in [0.15, 0.2) is 100 Å². The highest BCUT2D eigenvalue weighted by atomic mass is 35.5. The predicted molar refractivity (Wildman–Crippen MR) is 183 cm³/mol. The van der Waals surface area contributed by atoms with Crippen LogP contribution in [0.2, 0.25) is 5.02 Å². The van der Waals surface area contributed by atoms with Crippen molar-refractivity contribution in [3.8, 4) is 0 Å². The molecule has 0 aliphatic carbocycles. The van der Waals surface area contributed by atoms with Crippen molar-refractivity contribution < 1.29 is 9.53 Å². The van der Waals surface area contributed by atoms with E-state index in [2.05, 4.69) is 55.8 Å². The SMILES string of the molecule is CCCC1=C(C(=O)OCC)[C@H](c2ccc(C(C)C)cc2)n2c(s/c(=C\c3cn(Cc4ccccc4Cl)c4ccccc34)c2=O)=N1. The van der Waals surface area contributed by atoms with E-state index in [9.17, 15) is 9.59 Å². The van der Waals surface area contributed by atoms with E-state index in [1.807, 2.05) is 54.6 Å². The summed E-state index contributed by atoms with van der Waals surface area (Å²) < 4.78 is 9.94. The molecule has 0 saturated carbocycles. The van der Waals surface area contributed by atoms with Gasteiger partial charge in [-0.15, -0.1) is 0 Å². The van der Waals surface area contributed by atoms with Gasteiger partial charge in [0.25, 0.3) is 5.56 Å². The van der Waals surface area contributed by atoms with Crippen molar-refractivity contribution in [1.29, 1.82) is 0 Å². The van der Waals surface area contributed by atoms with Crippen molar-refractivity contribution in [2.24, 2.45) is 4.99 Å². The lowest BCUT2D eigenvalue weighted by molar-refractivity contribution is -0.139. The van der Waals surface area contributed by atoms with Gasteiger partial charge in [-0.25, -0.2) is 9.79 Å². The van der Waals surface area contributed by atoms with Crippen LogP contribution in [0.4, 0.5) is 0 Å². The second-order valence-corrected chi connectivity index (χ2v) is 13.0. The molecule has 0 saturated heterocycles. The standard InChI is InChI=1S/C37H36ClN3O3S/c1-5-11-30-33(36(43)44-6-2)34(25-18-16-24(17-19-25)23(3)4)41-35(42)32(45-37(41)39-30)20-27-22-40(31-15-10-8-13-28(27)31)21-26-12-7-9-14-29(26)38/h7-10,12-20,22-23,34H,5-6,11,21H2,1-4H3/b32-20-/t34-/m0/s1. The van der Waals surface area contributed by atoms with Crippen molar-refractivity contribution in [2.75, 3.05) is 6.61 Å². The Labute approximate surface area is 271 Å². The molecular weight excluding hydrogens is 602 g/mol. The number of halogens is 1. The molecule has 1 aliphatic heterocycles. The first-order chi connectivity index (χ1) is 21.8. The second kappa shape index (κ2) is 13.0. The van der Waals surface area contributed by atoms with Gasteiger partial charge in [0.05, 0.1) is 28.5 Å². The summed E-state index contributed by atoms with van der Waals surface area (Å²) in [6.07, 6.45) is 5.43. The maximum atomic E-state index is 14.3. The Bertz CT molecular complexity index is 2100. The van der Waals surface area contributed by atoms with E-state index in [1.165, 1.54) is 16.9 Å². The quantitative estimate of drug-likeness (QED) is 0.159. The topological polar surface area (TPSA) is 65.6 Å². The zero-order valence-corrected chi connectivity index (χ0v) is 27.5. The van der Waals surface area contributed by atoms with Gasteiger partial charge in [0.2, 0.25) is 0 Å². The number of para-hydroxylation sites is 1. The van der Waals surface area contributed by atoms with Gasteiger partial charge in [-0.1, -0.05) is 111 Å². The molecule has 8 heteroatoms. The Morgan fingerprint density at radius 2 is 1.78 bits per heavy atom. The molecule has 0 bridgehead atoms. The molecule has 6 rings (SSSR count). The zero-order chi connectivity index (χ0) is 31.7. The maximum absolute atomic E-state index is 14.3. The average Bonchev–Trinajstić information content (AvgIpc) is 3.54. The molecule has 0 radical (unpaired) electrons. The molecule has 5 aromatic rings. The first-order valence-corrected chi connectivity index (χ1v) is 16.6. The van der Waals surface area contributed by atoms with Gasteiger partial charge < -0.3 is 9.30 Å². The summed E-state index contributed by atoms with van der Waals surface area (Å²) in [6.45, 7) is 8.99. The number of thiazole rings is 1. The van der Waals surface area contributed by atoms with E-state index in [4.69, 9.17) is 21.3 Å². The molecule has 0 amide bonds. The van der Waals surface area contributed by atoms with Crippen LogP contribution >= 0.6 is 22.9 Å². The van der Waals surface area contributed by atoms with Crippen molar-refractivity contribution in [3.63, 3.8) is 0 Å². The number of nitrogens with zero attached hydrogens (tertiary/aromatic N) is 3. The van der Waals surface area contributed by atoms with E-state index < -0.39 is 12.0 Å². The van der Waals surface area contributed by atoms with E-state index in [1.54, 1.807) is 11.5 Å². The predicted octanol–water partition coefficient (Wildman–Crippen LogP) is 7.36. The smallest absolute Gasteiger partial charge is 0.338 e. The number of carbonyl (C=O) groups is 1. The number of allylic oxidation sites excluding steroid dienone is 1. The number of hydrogen-bond donors (Lipinski definition) is 0. The summed E-state index contributed by atoms with van der Waals surface area (Å²) in [5.41, 5.74) is 5.98. The molecule has 0 unspecified atom stereocenters. The van der Waals surface area contributed by atoms with Gasteiger partial charge in [-0.05, 0) is 54.2 Å². The Morgan fingerprint density at radius 1 is 1.04 bits per heavy atom. The fourth-order valence-corrected chi connectivity index (χ4v) is 7.18. The number of carbonyl (C=O) groups excluding carboxylic acids is 1. The molecule has 3 aromatic carbocycles. The molecule has 45 heavy (non-hydrogen) atoms. The highest BCUT2D eigenvalue weighted by Gasteiger charge is 2.34. The number of esters is 1. The number of benzene rings is 3. The van der Waals surface area contributed by atoms with Crippen LogP contribution in [0.5, 0.6) is 0 Å². The average molecular weight is 638 g/mol. The molecule has 0 fully saturated rings. The zero-order valence-electron chi connectivity index (χ0n) is 25.9. The van der Waals surface area contributed by atoms with Crippen molar-refractivity contribution in [2.45, 2.75) is 59.0 Å². The molecule has 1 atom stereocenters. The van der Waals surface area contributed by atoms with Crippen LogP contribution in [0.3, 0.4) is 0 Å². The van der Waals surface area contributed by atoms with E-state index in [0.717, 1.165) is 34.0 Å². The number of rotatable bonds is 9. The molecule has 6 nitrogen and oxygen atoms in total. The minimum atomic E-state index is -0.633. The summed E-state index contributed by atoms with van der Waals surface area (Å²) in [6, 6.07) is 23.6. The molecule has 0 N–H and O–H groups in total. The van der Waals surface area contributed by atoms with Crippen molar-refractivity contribution >= 4 is 45.9 Å². The molecule has 3 heterocycles. The van der Waals surface area contributed by atoms with Gasteiger partial charge in [0, 0.05) is 34.2 Å². The number of hydrogen-bond acceptors (Lipinski definition) is 5. The van der Waals surface area contributed by atoms with Gasteiger partial charge in [0.15, 0.2) is 4.80 Å². The first kappa shape index (κ1) is 30.8. The number of ether oxygens (including phenoxy) is 1. The fraction of sp³-hybridized carbons (Fsp3) is 0.270. The Morgan fingerprint density at radius 3 is 2.49 bits per heavy atom. The van der Waals surface area contributed by atoms with E-state index >= 15 is 0 Å². The summed E-state index contributed by atoms with van der Waals surface area (Å²) >= 11 is 7.86. The van der Waals surface area contributed by atoms with Crippen molar-refractivity contribution in [1.82, 2.24) is 9.13 Å². The Hall–Kier alpha value is -4.20. The van der Waals surface area contributed by atoms with E-state index in [-0.39, 0.29) is 12.2 Å². The third kappa shape index (κ3) is 5.95. The van der Waals surface area contributed by atoms with E-state index in [0.29, 0.717) is 44.5 Å². The van der Waals surface area contributed by atoms with Gasteiger partial charge in [-0.2, -0.15) is 0 Å². The Balaban J connectivity index is 1.54. The van der Waals surface area contributed by atoms with Crippen molar-refractivity contribution in [3.05, 3.63) is 137 Å². The van der Waals surface area contributed by atoms with Gasteiger partial charge in [-0.3, -0.25) is 9.36 Å². The monoisotopic (exact) mass is 637 g/mol. The highest BCUT2D eigenvalue weighted by molar-refractivity contribution is 7.07. The third-order valence-electron chi connectivity index (χ3n) is 8.22. The molecule has 230 valence electrons. The maximum Gasteiger partial charge on any atom is 0.338 e. The fourth-order valence-electron chi connectivity index (χ4n) is 5.97. The highest BCUT2D eigenvalue weighted by Crippen LogP contribution is 2.33. The summed E-state index contributed by atoms with van der Waals surface area (Å²) in [5.74, 6) is -0.0728. The van der Waals surface area contributed by atoms with Crippen LogP contribution in [0.25, 0.3) is 17.0 Å². The largest absolute Gasteiger partial charge is 0.463 e. The molecular formula is C37H36ClN3O3S. The van der Waals surface area contributed by atoms with Crippen LogP contribution in [0.1, 0.15) is 74.8 Å². The molecule has 2 aromatic heterocycles. The Kier molecular flexibility index (Phi) is 8.92. The normalized spacial score (nSPS) is 15.1.